The second-order valence-electron chi connectivity index (χ2n) is 5.61. The van der Waals surface area contributed by atoms with Crippen molar-refractivity contribution in [2.75, 3.05) is 39.6 Å². The predicted molar refractivity (Wildman–Crippen MR) is 87.1 cm³/mol. The van der Waals surface area contributed by atoms with Gasteiger partial charge in [-0.15, -0.1) is 0 Å². The first-order valence-electron chi connectivity index (χ1n) is 7.82. The predicted octanol–water partition coefficient (Wildman–Crippen LogP) is 1.29. The fourth-order valence-corrected chi connectivity index (χ4v) is 3.27. The van der Waals surface area contributed by atoms with E-state index in [1.165, 1.54) is 29.8 Å². The summed E-state index contributed by atoms with van der Waals surface area (Å²) < 4.78 is 29.4. The Balaban J connectivity index is 2.26. The van der Waals surface area contributed by atoms with Gasteiger partial charge in [-0.05, 0) is 32.1 Å². The zero-order valence-corrected chi connectivity index (χ0v) is 14.5. The molecule has 0 aromatic rings. The Morgan fingerprint density at radius 1 is 1.36 bits per heavy atom. The maximum Gasteiger partial charge on any atom is 0.221 e. The highest BCUT2D eigenvalue weighted by molar-refractivity contribution is 7.88. The van der Waals surface area contributed by atoms with Gasteiger partial charge in [0.2, 0.25) is 15.9 Å². The van der Waals surface area contributed by atoms with Crippen molar-refractivity contribution in [3.8, 4) is 0 Å². The molecule has 6 nitrogen and oxygen atoms in total. The molecule has 0 fully saturated rings. The van der Waals surface area contributed by atoms with E-state index in [2.05, 4.69) is 11.4 Å². The van der Waals surface area contributed by atoms with E-state index in [-0.39, 0.29) is 25.4 Å². The van der Waals surface area contributed by atoms with E-state index in [1.54, 1.807) is 0 Å². The first kappa shape index (κ1) is 19.1. The average molecular weight is 332 g/mol. The molecule has 0 aromatic heterocycles. The summed E-state index contributed by atoms with van der Waals surface area (Å²) in [5, 5.41) is 2.86. The number of hydrogen-bond acceptors (Lipinski definition) is 4. The van der Waals surface area contributed by atoms with Crippen LogP contribution in [0.2, 0.25) is 0 Å². The van der Waals surface area contributed by atoms with Gasteiger partial charge in [0.1, 0.15) is 0 Å². The fraction of sp³-hybridized carbons (Fsp3) is 0.800. The highest BCUT2D eigenvalue weighted by Crippen LogP contribution is 2.19. The minimum absolute atomic E-state index is 0.109. The molecular formula is C15H28N2O4S. The zero-order valence-electron chi connectivity index (χ0n) is 13.6. The van der Waals surface area contributed by atoms with E-state index >= 15 is 0 Å². The third kappa shape index (κ3) is 7.91. The summed E-state index contributed by atoms with van der Waals surface area (Å²) in [6.07, 6.45) is 9.27. The number of allylic oxidation sites excluding steroid dienone is 1. The second kappa shape index (κ2) is 9.97. The lowest BCUT2D eigenvalue weighted by Gasteiger charge is -2.19. The van der Waals surface area contributed by atoms with Gasteiger partial charge in [-0.1, -0.05) is 11.6 Å². The topological polar surface area (TPSA) is 75.7 Å². The molecule has 0 radical (unpaired) electrons. The number of methoxy groups -OCH3 is 1. The van der Waals surface area contributed by atoms with Crippen LogP contribution in [-0.4, -0.2) is 58.2 Å². The van der Waals surface area contributed by atoms with Gasteiger partial charge in [0, 0.05) is 33.2 Å². The molecule has 128 valence electrons. The van der Waals surface area contributed by atoms with Gasteiger partial charge >= 0.3 is 0 Å². The fourth-order valence-electron chi connectivity index (χ4n) is 2.45. The molecule has 1 N–H and O–H groups in total. The summed E-state index contributed by atoms with van der Waals surface area (Å²) in [5.41, 5.74) is 1.42. The van der Waals surface area contributed by atoms with Gasteiger partial charge < -0.3 is 10.1 Å². The molecule has 0 saturated carbocycles. The standard InChI is InChI=1S/C15H28N2O4S/c1-21-13-12-17(22(2,19)20)11-9-15(18)16-10-8-14-6-4-3-5-7-14/h6H,3-5,7-13H2,1-2H3,(H,16,18). The van der Waals surface area contributed by atoms with Crippen LogP contribution in [0.15, 0.2) is 11.6 Å². The lowest BCUT2D eigenvalue weighted by Crippen LogP contribution is -2.36. The first-order valence-corrected chi connectivity index (χ1v) is 9.67. The van der Waals surface area contributed by atoms with Crippen molar-refractivity contribution in [3.05, 3.63) is 11.6 Å². The van der Waals surface area contributed by atoms with Crippen molar-refractivity contribution in [2.45, 2.75) is 38.5 Å². The Labute approximate surface area is 133 Å². The summed E-state index contributed by atoms with van der Waals surface area (Å²) in [7, 11) is -1.79. The molecule has 0 spiro atoms. The van der Waals surface area contributed by atoms with E-state index in [0.717, 1.165) is 25.5 Å². The van der Waals surface area contributed by atoms with E-state index < -0.39 is 10.0 Å². The Morgan fingerprint density at radius 2 is 2.14 bits per heavy atom. The Bertz CT molecular complexity index is 474. The van der Waals surface area contributed by atoms with E-state index in [1.807, 2.05) is 0 Å². The maximum atomic E-state index is 11.8. The van der Waals surface area contributed by atoms with E-state index in [0.29, 0.717) is 13.2 Å². The molecule has 1 aliphatic carbocycles. The number of nitrogens with one attached hydrogen (secondary N) is 1. The third-order valence-corrected chi connectivity index (χ3v) is 5.06. The van der Waals surface area contributed by atoms with Crippen LogP contribution in [0.5, 0.6) is 0 Å². The van der Waals surface area contributed by atoms with Crippen LogP contribution in [-0.2, 0) is 19.6 Å². The molecule has 0 atom stereocenters. The minimum Gasteiger partial charge on any atom is -0.383 e. The monoisotopic (exact) mass is 332 g/mol. The molecule has 1 rings (SSSR count). The van der Waals surface area contributed by atoms with Crippen molar-refractivity contribution in [2.24, 2.45) is 0 Å². The quantitative estimate of drug-likeness (QED) is 0.612. The molecule has 0 heterocycles. The number of ether oxygens (including phenoxy) is 1. The third-order valence-electron chi connectivity index (χ3n) is 3.76. The number of sulfonamides is 1. The van der Waals surface area contributed by atoms with E-state index in [4.69, 9.17) is 4.74 Å². The van der Waals surface area contributed by atoms with Crippen LogP contribution in [0.1, 0.15) is 38.5 Å². The molecule has 0 bridgehead atoms. The summed E-state index contributed by atoms with van der Waals surface area (Å²) in [4.78, 5) is 11.8. The van der Waals surface area contributed by atoms with Crippen molar-refractivity contribution in [3.63, 3.8) is 0 Å². The molecule has 7 heteroatoms. The molecule has 0 unspecified atom stereocenters. The lowest BCUT2D eigenvalue weighted by atomic mass is 9.97. The van der Waals surface area contributed by atoms with Crippen molar-refractivity contribution in [1.29, 1.82) is 0 Å². The molecule has 0 aromatic carbocycles. The van der Waals surface area contributed by atoms with Gasteiger partial charge in [0.25, 0.3) is 0 Å². The van der Waals surface area contributed by atoms with Crippen LogP contribution >= 0.6 is 0 Å². The molecule has 22 heavy (non-hydrogen) atoms. The Hall–Kier alpha value is -0.920. The van der Waals surface area contributed by atoms with Crippen molar-refractivity contribution < 1.29 is 17.9 Å². The second-order valence-corrected chi connectivity index (χ2v) is 7.60. The number of amides is 1. The van der Waals surface area contributed by atoms with Crippen molar-refractivity contribution >= 4 is 15.9 Å². The zero-order chi connectivity index (χ0) is 16.4. The van der Waals surface area contributed by atoms with E-state index in [9.17, 15) is 13.2 Å². The Morgan fingerprint density at radius 3 is 2.73 bits per heavy atom. The average Bonchev–Trinajstić information content (AvgIpc) is 2.47. The lowest BCUT2D eigenvalue weighted by molar-refractivity contribution is -0.121. The van der Waals surface area contributed by atoms with Crippen molar-refractivity contribution in [1.82, 2.24) is 9.62 Å². The van der Waals surface area contributed by atoms with Crippen LogP contribution in [0, 0.1) is 0 Å². The molecule has 1 amide bonds. The largest absolute Gasteiger partial charge is 0.383 e. The minimum atomic E-state index is -3.31. The highest BCUT2D eigenvalue weighted by atomic mass is 32.2. The highest BCUT2D eigenvalue weighted by Gasteiger charge is 2.17. The number of nitrogens with zero attached hydrogens (tertiary/aromatic N) is 1. The van der Waals surface area contributed by atoms with Gasteiger partial charge in [0.15, 0.2) is 0 Å². The number of hydrogen-bond donors (Lipinski definition) is 1. The van der Waals surface area contributed by atoms with Gasteiger partial charge in [-0.25, -0.2) is 8.42 Å². The van der Waals surface area contributed by atoms with Gasteiger partial charge in [0.05, 0.1) is 12.9 Å². The Kier molecular flexibility index (Phi) is 8.67. The maximum absolute atomic E-state index is 11.8. The number of carbonyl (C=O) groups excluding carboxylic acids is 1. The smallest absolute Gasteiger partial charge is 0.221 e. The summed E-state index contributed by atoms with van der Waals surface area (Å²) >= 11 is 0. The summed E-state index contributed by atoms with van der Waals surface area (Å²) in [6.45, 7) is 1.41. The molecule has 0 saturated heterocycles. The summed E-state index contributed by atoms with van der Waals surface area (Å²) in [5.74, 6) is -0.109. The van der Waals surface area contributed by atoms with Gasteiger partial charge in [-0.2, -0.15) is 4.31 Å². The van der Waals surface area contributed by atoms with Crippen LogP contribution < -0.4 is 5.32 Å². The molecular weight excluding hydrogens is 304 g/mol. The SMILES string of the molecule is COCCN(CCC(=O)NCCC1=CCCCC1)S(C)(=O)=O. The molecule has 0 aliphatic heterocycles. The van der Waals surface area contributed by atoms with Crippen LogP contribution in [0.4, 0.5) is 0 Å². The number of carbonyl (C=O) groups is 1. The van der Waals surface area contributed by atoms with Gasteiger partial charge in [-0.3, -0.25) is 4.79 Å². The van der Waals surface area contributed by atoms with Crippen LogP contribution in [0.25, 0.3) is 0 Å². The molecule has 1 aliphatic rings. The normalized spacial score (nSPS) is 15.7. The number of rotatable bonds is 10. The first-order chi connectivity index (χ1) is 10.4. The summed E-state index contributed by atoms with van der Waals surface area (Å²) in [6, 6.07) is 0. The van der Waals surface area contributed by atoms with Crippen LogP contribution in [0.3, 0.4) is 0 Å².